The van der Waals surface area contributed by atoms with E-state index in [1.165, 1.54) is 11.3 Å². The van der Waals surface area contributed by atoms with Crippen molar-refractivity contribution in [2.45, 2.75) is 0 Å². The number of pyridine rings is 1. The molecule has 0 aliphatic heterocycles. The van der Waals surface area contributed by atoms with E-state index in [1.54, 1.807) is 6.20 Å². The average molecular weight is 353 g/mol. The molecule has 0 fully saturated rings. The smallest absolute Gasteiger partial charge is 0.180 e. The molecule has 0 radical (unpaired) electrons. The Labute approximate surface area is 147 Å². The number of nitrogen functional groups attached to an aromatic ring is 1. The van der Waals surface area contributed by atoms with Crippen LogP contribution in [0.2, 0.25) is 5.02 Å². The molecule has 0 saturated carbocycles. The van der Waals surface area contributed by atoms with Crippen molar-refractivity contribution in [3.63, 3.8) is 0 Å². The Balaban J connectivity index is 1.64. The van der Waals surface area contributed by atoms with E-state index >= 15 is 0 Å². The van der Waals surface area contributed by atoms with Crippen molar-refractivity contribution in [3.8, 4) is 11.3 Å². The Morgan fingerprint density at radius 3 is 2.62 bits per heavy atom. The molecule has 0 amide bonds. The molecule has 4 rings (SSSR count). The fourth-order valence-corrected chi connectivity index (χ4v) is 3.27. The molecule has 24 heavy (non-hydrogen) atoms. The number of fused-ring (bicyclic) bond motifs is 1. The van der Waals surface area contributed by atoms with E-state index in [2.05, 4.69) is 15.3 Å². The van der Waals surface area contributed by atoms with Crippen LogP contribution in [-0.2, 0) is 0 Å². The van der Waals surface area contributed by atoms with Crippen LogP contribution in [0.3, 0.4) is 0 Å². The summed E-state index contributed by atoms with van der Waals surface area (Å²) in [6.45, 7) is 0. The van der Waals surface area contributed by atoms with Crippen molar-refractivity contribution >= 4 is 50.3 Å². The molecule has 0 atom stereocenters. The number of anilines is 3. The number of benzene rings is 2. The number of nitrogens with one attached hydrogen (secondary N) is 1. The predicted molar refractivity (Wildman–Crippen MR) is 102 cm³/mol. The quantitative estimate of drug-likeness (QED) is 0.522. The number of thiazole rings is 1. The van der Waals surface area contributed by atoms with Gasteiger partial charge in [0.1, 0.15) is 0 Å². The van der Waals surface area contributed by atoms with Gasteiger partial charge in [0.25, 0.3) is 0 Å². The molecular weight excluding hydrogens is 340 g/mol. The zero-order valence-electron chi connectivity index (χ0n) is 12.5. The first-order valence-corrected chi connectivity index (χ1v) is 8.57. The lowest BCUT2D eigenvalue weighted by atomic mass is 10.1. The minimum absolute atomic E-state index is 0.578. The largest absolute Gasteiger partial charge is 0.375 e. The van der Waals surface area contributed by atoms with Gasteiger partial charge in [-0.2, -0.15) is 0 Å². The van der Waals surface area contributed by atoms with Gasteiger partial charge < -0.3 is 11.1 Å². The first kappa shape index (κ1) is 14.9. The van der Waals surface area contributed by atoms with Crippen molar-refractivity contribution < 1.29 is 0 Å². The highest BCUT2D eigenvalue weighted by Gasteiger charge is 2.05. The molecule has 2 aromatic heterocycles. The fourth-order valence-electron chi connectivity index (χ4n) is 2.53. The summed E-state index contributed by atoms with van der Waals surface area (Å²) >= 11 is 7.48. The number of rotatable bonds is 3. The van der Waals surface area contributed by atoms with E-state index in [0.29, 0.717) is 10.2 Å². The molecule has 4 aromatic rings. The summed E-state index contributed by atoms with van der Waals surface area (Å²) in [5.74, 6) is 0. The van der Waals surface area contributed by atoms with E-state index in [9.17, 15) is 0 Å². The van der Waals surface area contributed by atoms with Gasteiger partial charge in [-0.15, -0.1) is 11.3 Å². The first-order valence-electron chi connectivity index (χ1n) is 7.32. The number of hydrogen-bond donors (Lipinski definition) is 2. The van der Waals surface area contributed by atoms with Crippen LogP contribution in [0.4, 0.5) is 16.5 Å². The molecule has 0 spiro atoms. The lowest BCUT2D eigenvalue weighted by molar-refractivity contribution is 1.40. The van der Waals surface area contributed by atoms with Gasteiger partial charge in [-0.3, -0.25) is 4.98 Å². The Hall–Kier alpha value is -2.63. The minimum atomic E-state index is 0.578. The van der Waals surface area contributed by atoms with E-state index in [4.69, 9.17) is 17.3 Å². The third kappa shape index (κ3) is 2.91. The van der Waals surface area contributed by atoms with Crippen LogP contribution in [0, 0.1) is 0 Å². The maximum Gasteiger partial charge on any atom is 0.180 e. The molecule has 118 valence electrons. The van der Waals surface area contributed by atoms with Crippen LogP contribution in [0.15, 0.2) is 60.1 Å². The van der Waals surface area contributed by atoms with Crippen molar-refractivity contribution in [1.29, 1.82) is 0 Å². The zero-order chi connectivity index (χ0) is 16.5. The van der Waals surface area contributed by atoms with Crippen molar-refractivity contribution in [3.05, 3.63) is 65.1 Å². The van der Waals surface area contributed by atoms with Crippen LogP contribution in [0.1, 0.15) is 0 Å². The van der Waals surface area contributed by atoms with Gasteiger partial charge in [0.2, 0.25) is 0 Å². The average Bonchev–Trinajstić information content (AvgIpc) is 3.02. The second-order valence-corrected chi connectivity index (χ2v) is 6.62. The SMILES string of the molecule is Nc1nc(-c2ccc(Nc3ccnc4cc(Cl)ccc34)cc2)cs1. The van der Waals surface area contributed by atoms with Gasteiger partial charge >= 0.3 is 0 Å². The van der Waals surface area contributed by atoms with Crippen LogP contribution in [0.25, 0.3) is 22.2 Å². The molecule has 4 nitrogen and oxygen atoms in total. The monoisotopic (exact) mass is 352 g/mol. The van der Waals surface area contributed by atoms with Crippen molar-refractivity contribution in [2.75, 3.05) is 11.1 Å². The summed E-state index contributed by atoms with van der Waals surface area (Å²) in [6.07, 6.45) is 1.77. The third-order valence-electron chi connectivity index (χ3n) is 3.69. The molecule has 0 saturated heterocycles. The third-order valence-corrected chi connectivity index (χ3v) is 4.60. The van der Waals surface area contributed by atoms with Gasteiger partial charge in [0.05, 0.1) is 11.2 Å². The highest BCUT2D eigenvalue weighted by Crippen LogP contribution is 2.29. The maximum absolute atomic E-state index is 6.03. The van der Waals surface area contributed by atoms with Gasteiger partial charge in [0, 0.05) is 38.9 Å². The summed E-state index contributed by atoms with van der Waals surface area (Å²) < 4.78 is 0. The molecular formula is C18H13ClN4S. The standard InChI is InChI=1S/C18H13ClN4S/c19-12-3-6-14-15(7-8-21-16(14)9-12)22-13-4-1-11(2-5-13)17-10-24-18(20)23-17/h1-10H,(H2,20,23)(H,21,22). The van der Waals surface area contributed by atoms with Crippen LogP contribution < -0.4 is 11.1 Å². The van der Waals surface area contributed by atoms with Crippen LogP contribution >= 0.6 is 22.9 Å². The zero-order valence-corrected chi connectivity index (χ0v) is 14.1. The van der Waals surface area contributed by atoms with Gasteiger partial charge in [-0.05, 0) is 36.4 Å². The fraction of sp³-hybridized carbons (Fsp3) is 0. The lowest BCUT2D eigenvalue weighted by Crippen LogP contribution is -1.92. The molecule has 0 unspecified atom stereocenters. The van der Waals surface area contributed by atoms with Gasteiger partial charge in [0.15, 0.2) is 5.13 Å². The van der Waals surface area contributed by atoms with Gasteiger partial charge in [-0.1, -0.05) is 23.7 Å². The molecule has 2 heterocycles. The second kappa shape index (κ2) is 6.11. The highest BCUT2D eigenvalue weighted by molar-refractivity contribution is 7.13. The maximum atomic E-state index is 6.03. The molecule has 6 heteroatoms. The van der Waals surface area contributed by atoms with E-state index in [-0.39, 0.29) is 0 Å². The minimum Gasteiger partial charge on any atom is -0.375 e. The lowest BCUT2D eigenvalue weighted by Gasteiger charge is -2.10. The number of nitrogens with two attached hydrogens (primary N) is 1. The number of aromatic nitrogens is 2. The Kier molecular flexibility index (Phi) is 3.80. The summed E-state index contributed by atoms with van der Waals surface area (Å²) in [6, 6.07) is 15.7. The molecule has 3 N–H and O–H groups in total. The molecule has 2 aromatic carbocycles. The van der Waals surface area contributed by atoms with E-state index in [0.717, 1.165) is 33.5 Å². The predicted octanol–water partition coefficient (Wildman–Crippen LogP) is 5.34. The Bertz CT molecular complexity index is 1010. The summed E-state index contributed by atoms with van der Waals surface area (Å²) in [5.41, 5.74) is 10.5. The Morgan fingerprint density at radius 2 is 1.88 bits per heavy atom. The molecule has 0 bridgehead atoms. The van der Waals surface area contributed by atoms with Crippen LogP contribution in [-0.4, -0.2) is 9.97 Å². The number of nitrogens with zero attached hydrogens (tertiary/aromatic N) is 2. The number of hydrogen-bond acceptors (Lipinski definition) is 5. The number of halogens is 1. The topological polar surface area (TPSA) is 63.8 Å². The van der Waals surface area contributed by atoms with E-state index < -0.39 is 0 Å². The molecule has 0 aliphatic rings. The molecule has 0 aliphatic carbocycles. The highest BCUT2D eigenvalue weighted by atomic mass is 35.5. The second-order valence-electron chi connectivity index (χ2n) is 5.29. The summed E-state index contributed by atoms with van der Waals surface area (Å²) in [4.78, 5) is 8.66. The van der Waals surface area contributed by atoms with Crippen molar-refractivity contribution in [1.82, 2.24) is 9.97 Å². The Morgan fingerprint density at radius 1 is 1.04 bits per heavy atom. The normalized spacial score (nSPS) is 10.9. The van der Waals surface area contributed by atoms with Crippen LogP contribution in [0.5, 0.6) is 0 Å². The summed E-state index contributed by atoms with van der Waals surface area (Å²) in [7, 11) is 0. The first-order chi connectivity index (χ1) is 11.7. The van der Waals surface area contributed by atoms with Gasteiger partial charge in [-0.25, -0.2) is 4.98 Å². The van der Waals surface area contributed by atoms with E-state index in [1.807, 2.05) is 53.9 Å². The summed E-state index contributed by atoms with van der Waals surface area (Å²) in [5, 5.41) is 7.66. The van der Waals surface area contributed by atoms with Crippen molar-refractivity contribution in [2.24, 2.45) is 0 Å².